The van der Waals surface area contributed by atoms with E-state index in [1.807, 2.05) is 0 Å². The molecule has 2 nitrogen and oxygen atoms in total. The van der Waals surface area contributed by atoms with Crippen LogP contribution in [0.5, 0.6) is 0 Å². The van der Waals surface area contributed by atoms with Crippen molar-refractivity contribution in [2.75, 3.05) is 11.9 Å². The monoisotopic (exact) mass is 203 g/mol. The van der Waals surface area contributed by atoms with Crippen molar-refractivity contribution in [1.29, 1.82) is 0 Å². The number of carbonyl (C=O) groups is 1. The van der Waals surface area contributed by atoms with Gasteiger partial charge in [0.25, 0.3) is 0 Å². The zero-order valence-corrected chi connectivity index (χ0v) is 7.28. The fourth-order valence-corrected chi connectivity index (χ4v) is 0.664. The molecule has 10 heavy (non-hydrogen) atoms. The van der Waals surface area contributed by atoms with E-state index in [1.165, 1.54) is 0 Å². The topological polar surface area (TPSA) is 29.1 Å². The minimum atomic E-state index is 0.0111. The molecule has 0 aromatic heterocycles. The Bertz CT molecular complexity index is 139. The molecule has 0 saturated carbocycles. The first-order chi connectivity index (χ1) is 4.81. The van der Waals surface area contributed by atoms with Crippen molar-refractivity contribution >= 4 is 21.8 Å². The summed E-state index contributed by atoms with van der Waals surface area (Å²) >= 11 is 3.03. The summed E-state index contributed by atoms with van der Waals surface area (Å²) in [6, 6.07) is 0. The molecule has 0 rings (SSSR count). The van der Waals surface area contributed by atoms with Crippen molar-refractivity contribution in [3.05, 3.63) is 0 Å². The van der Waals surface area contributed by atoms with Crippen LogP contribution in [0.3, 0.4) is 0 Å². The van der Waals surface area contributed by atoms with Crippen molar-refractivity contribution in [2.24, 2.45) is 0 Å². The number of halogens is 1. The number of hydrogen-bond acceptors (Lipinski definition) is 1. The Labute approximate surface area is 69.5 Å². The van der Waals surface area contributed by atoms with E-state index in [0.29, 0.717) is 11.9 Å². The quantitative estimate of drug-likeness (QED) is 0.411. The highest BCUT2D eigenvalue weighted by atomic mass is 79.9. The second kappa shape index (κ2) is 6.63. The summed E-state index contributed by atoms with van der Waals surface area (Å²) in [5.74, 6) is 2.51. The standard InChI is InChI=1S/C7H10BrNO/c1-2-3-4-5-9-7(10)6-8/h1H,3-6H2,(H,9,10). The first-order valence-corrected chi connectivity index (χ1v) is 4.19. The lowest BCUT2D eigenvalue weighted by Gasteiger charge is -1.98. The van der Waals surface area contributed by atoms with Gasteiger partial charge in [-0.3, -0.25) is 4.79 Å². The van der Waals surface area contributed by atoms with E-state index >= 15 is 0 Å². The van der Waals surface area contributed by atoms with Crippen LogP contribution in [0.25, 0.3) is 0 Å². The number of hydrogen-bond donors (Lipinski definition) is 1. The summed E-state index contributed by atoms with van der Waals surface area (Å²) in [6.07, 6.45) is 6.59. The smallest absolute Gasteiger partial charge is 0.230 e. The number of rotatable bonds is 4. The lowest BCUT2D eigenvalue weighted by Crippen LogP contribution is -2.24. The van der Waals surface area contributed by atoms with Gasteiger partial charge in [0, 0.05) is 13.0 Å². The molecule has 0 aliphatic carbocycles. The molecule has 0 bridgehead atoms. The van der Waals surface area contributed by atoms with Crippen LogP contribution >= 0.6 is 15.9 Å². The van der Waals surface area contributed by atoms with Gasteiger partial charge in [0.2, 0.25) is 5.91 Å². The molecule has 0 aromatic carbocycles. The number of terminal acetylenes is 1. The van der Waals surface area contributed by atoms with E-state index in [-0.39, 0.29) is 5.91 Å². The van der Waals surface area contributed by atoms with Gasteiger partial charge in [-0.05, 0) is 6.42 Å². The predicted octanol–water partition coefficient (Wildman–Crippen LogP) is 0.911. The number of unbranched alkanes of at least 4 members (excludes halogenated alkanes) is 1. The van der Waals surface area contributed by atoms with Crippen LogP contribution in [-0.2, 0) is 4.79 Å². The SMILES string of the molecule is C#CCCCNC(=O)CBr. The molecule has 0 heterocycles. The maximum Gasteiger partial charge on any atom is 0.230 e. The van der Waals surface area contributed by atoms with Crippen molar-refractivity contribution in [3.8, 4) is 12.3 Å². The molecule has 0 unspecified atom stereocenters. The summed E-state index contributed by atoms with van der Waals surface area (Å²) in [4.78, 5) is 10.6. The first-order valence-electron chi connectivity index (χ1n) is 3.07. The van der Waals surface area contributed by atoms with E-state index in [4.69, 9.17) is 6.42 Å². The predicted molar refractivity (Wildman–Crippen MR) is 44.9 cm³/mol. The number of carbonyl (C=O) groups excluding carboxylic acids is 1. The Hall–Kier alpha value is -0.490. The highest BCUT2D eigenvalue weighted by molar-refractivity contribution is 9.09. The Morgan fingerprint density at radius 1 is 1.70 bits per heavy atom. The maximum absolute atomic E-state index is 10.6. The van der Waals surface area contributed by atoms with Crippen LogP contribution in [-0.4, -0.2) is 17.8 Å². The molecular weight excluding hydrogens is 194 g/mol. The molecule has 1 N–H and O–H groups in total. The third kappa shape index (κ3) is 5.64. The molecule has 0 spiro atoms. The van der Waals surface area contributed by atoms with Crippen LogP contribution < -0.4 is 5.32 Å². The van der Waals surface area contributed by atoms with Crippen LogP contribution in [0.4, 0.5) is 0 Å². The summed E-state index contributed by atoms with van der Waals surface area (Å²) in [6.45, 7) is 0.675. The lowest BCUT2D eigenvalue weighted by atomic mass is 10.3. The van der Waals surface area contributed by atoms with Crippen molar-refractivity contribution in [2.45, 2.75) is 12.8 Å². The van der Waals surface area contributed by atoms with Crippen molar-refractivity contribution < 1.29 is 4.79 Å². The molecule has 0 aromatic rings. The molecule has 0 atom stereocenters. The second-order valence-electron chi connectivity index (χ2n) is 1.79. The Morgan fingerprint density at radius 2 is 2.40 bits per heavy atom. The zero-order chi connectivity index (χ0) is 7.82. The fraction of sp³-hybridized carbons (Fsp3) is 0.571. The van der Waals surface area contributed by atoms with Gasteiger partial charge in [-0.1, -0.05) is 15.9 Å². The number of nitrogens with one attached hydrogen (secondary N) is 1. The van der Waals surface area contributed by atoms with Crippen LogP contribution in [0.15, 0.2) is 0 Å². The van der Waals surface area contributed by atoms with E-state index in [1.54, 1.807) is 0 Å². The largest absolute Gasteiger partial charge is 0.355 e. The third-order valence-electron chi connectivity index (χ3n) is 0.941. The third-order valence-corrected chi connectivity index (χ3v) is 1.45. The van der Waals surface area contributed by atoms with Gasteiger partial charge >= 0.3 is 0 Å². The number of alkyl halides is 1. The Morgan fingerprint density at radius 3 is 2.90 bits per heavy atom. The van der Waals surface area contributed by atoms with Crippen LogP contribution in [0.1, 0.15) is 12.8 Å². The van der Waals surface area contributed by atoms with Gasteiger partial charge in [-0.2, -0.15) is 0 Å². The Kier molecular flexibility index (Phi) is 6.30. The lowest BCUT2D eigenvalue weighted by molar-refractivity contribution is -0.118. The van der Waals surface area contributed by atoms with E-state index in [0.717, 1.165) is 12.8 Å². The second-order valence-corrected chi connectivity index (χ2v) is 2.35. The molecular formula is C7H10BrNO. The van der Waals surface area contributed by atoms with Gasteiger partial charge in [-0.25, -0.2) is 0 Å². The van der Waals surface area contributed by atoms with Gasteiger partial charge in [0.1, 0.15) is 0 Å². The van der Waals surface area contributed by atoms with E-state index < -0.39 is 0 Å². The zero-order valence-electron chi connectivity index (χ0n) is 5.69. The fourth-order valence-electron chi connectivity index (χ4n) is 0.466. The molecule has 0 aliphatic rings. The average molecular weight is 204 g/mol. The molecule has 1 amide bonds. The molecule has 0 radical (unpaired) electrons. The first kappa shape index (κ1) is 9.51. The molecule has 3 heteroatoms. The van der Waals surface area contributed by atoms with Crippen molar-refractivity contribution in [1.82, 2.24) is 5.32 Å². The van der Waals surface area contributed by atoms with Gasteiger partial charge in [0.05, 0.1) is 5.33 Å². The number of amides is 1. The highest BCUT2D eigenvalue weighted by Gasteiger charge is 1.93. The minimum absolute atomic E-state index is 0.0111. The summed E-state index contributed by atoms with van der Waals surface area (Å²) in [5.41, 5.74) is 0. The summed E-state index contributed by atoms with van der Waals surface area (Å²) < 4.78 is 0. The average Bonchev–Trinajstić information content (AvgIpc) is 1.98. The van der Waals surface area contributed by atoms with Gasteiger partial charge in [-0.15, -0.1) is 12.3 Å². The minimum Gasteiger partial charge on any atom is -0.355 e. The van der Waals surface area contributed by atoms with Gasteiger partial charge < -0.3 is 5.32 Å². The Balaban J connectivity index is 3.05. The summed E-state index contributed by atoms with van der Waals surface area (Å²) in [7, 11) is 0. The van der Waals surface area contributed by atoms with E-state index in [2.05, 4.69) is 27.2 Å². The van der Waals surface area contributed by atoms with Crippen LogP contribution in [0.2, 0.25) is 0 Å². The normalized spacial score (nSPS) is 8.40. The molecule has 0 saturated heterocycles. The van der Waals surface area contributed by atoms with Crippen LogP contribution in [0, 0.1) is 12.3 Å². The summed E-state index contributed by atoms with van der Waals surface area (Å²) in [5, 5.41) is 3.05. The van der Waals surface area contributed by atoms with Gasteiger partial charge in [0.15, 0.2) is 0 Å². The molecule has 0 fully saturated rings. The maximum atomic E-state index is 10.6. The highest BCUT2D eigenvalue weighted by Crippen LogP contribution is 1.84. The molecule has 56 valence electrons. The molecule has 0 aliphatic heterocycles. The van der Waals surface area contributed by atoms with Crippen molar-refractivity contribution in [3.63, 3.8) is 0 Å². The van der Waals surface area contributed by atoms with E-state index in [9.17, 15) is 4.79 Å².